The molecule has 3 heteroatoms. The Morgan fingerprint density at radius 2 is 1.18 bits per heavy atom. The highest BCUT2D eigenvalue weighted by molar-refractivity contribution is 6.34. The topological polar surface area (TPSA) is 21.1 Å². The average molecular weight is 652 g/mol. The van der Waals surface area contributed by atoms with E-state index in [1.165, 1.54) is 87.8 Å². The van der Waals surface area contributed by atoms with Crippen LogP contribution in [0.5, 0.6) is 0 Å². The molecule has 0 saturated carbocycles. The Morgan fingerprint density at radius 3 is 1.98 bits per heavy atom. The zero-order valence-corrected chi connectivity index (χ0v) is 28.4. The number of para-hydroxylation sites is 2. The molecule has 2 heterocycles. The summed E-state index contributed by atoms with van der Waals surface area (Å²) >= 11 is 0. The number of benzene rings is 8. The van der Waals surface area contributed by atoms with E-state index in [2.05, 4.69) is 186 Å². The number of rotatable bonds is 4. The van der Waals surface area contributed by atoms with E-state index in [0.29, 0.717) is 0 Å². The lowest BCUT2D eigenvalue weighted by molar-refractivity contribution is 0.660. The zero-order valence-electron chi connectivity index (χ0n) is 28.4. The molecule has 0 N–H and O–H groups in total. The first-order chi connectivity index (χ1) is 25.1. The summed E-state index contributed by atoms with van der Waals surface area (Å²) in [5.41, 5.74) is 12.3. The highest BCUT2D eigenvalue weighted by Crippen LogP contribution is 2.51. The van der Waals surface area contributed by atoms with E-state index < -0.39 is 0 Å². The monoisotopic (exact) mass is 651 g/mol. The molecule has 0 fully saturated rings. The predicted molar refractivity (Wildman–Crippen MR) is 215 cm³/mol. The van der Waals surface area contributed by atoms with Gasteiger partial charge in [-0.3, -0.25) is 4.98 Å². The second-order valence-electron chi connectivity index (χ2n) is 14.4. The Morgan fingerprint density at radius 1 is 0.510 bits per heavy atom. The molecule has 0 atom stereocenters. The maximum atomic E-state index is 4.67. The first-order valence-corrected chi connectivity index (χ1v) is 17.7. The quantitative estimate of drug-likeness (QED) is 0.177. The fraction of sp³-hybridized carbons (Fsp3) is 0.0625. The number of fused-ring (bicyclic) bond motifs is 7. The predicted octanol–water partition coefficient (Wildman–Crippen LogP) is 12.9. The summed E-state index contributed by atoms with van der Waals surface area (Å²) < 4.78 is 2.46. The number of hydrogen-bond acceptors (Lipinski definition) is 2. The van der Waals surface area contributed by atoms with E-state index in [9.17, 15) is 0 Å². The Labute approximate surface area is 296 Å². The van der Waals surface area contributed by atoms with Crippen molar-refractivity contribution in [1.29, 1.82) is 0 Å². The average Bonchev–Trinajstić information content (AvgIpc) is 3.63. The molecule has 0 radical (unpaired) electrons. The van der Waals surface area contributed by atoms with Crippen LogP contribution in [0.15, 0.2) is 164 Å². The number of pyridine rings is 1. The Hall–Kier alpha value is -6.45. The van der Waals surface area contributed by atoms with E-state index in [0.717, 1.165) is 11.4 Å². The maximum absolute atomic E-state index is 4.67. The number of anilines is 3. The number of nitrogens with zero attached hydrogens (tertiary/aromatic N) is 3. The lowest BCUT2D eigenvalue weighted by Gasteiger charge is -2.27. The summed E-state index contributed by atoms with van der Waals surface area (Å²) in [6.45, 7) is 4.71. The summed E-state index contributed by atoms with van der Waals surface area (Å²) in [6.07, 6.45) is 3.98. The molecule has 0 saturated heterocycles. The molecule has 1 aliphatic rings. The second kappa shape index (κ2) is 10.3. The summed E-state index contributed by atoms with van der Waals surface area (Å²) in [6, 6.07) is 55.7. The molecule has 3 nitrogen and oxygen atoms in total. The van der Waals surface area contributed by atoms with Crippen molar-refractivity contribution < 1.29 is 0 Å². The molecular weight excluding hydrogens is 619 g/mol. The smallest absolute Gasteiger partial charge is 0.0572 e. The molecule has 1 aliphatic carbocycles. The maximum Gasteiger partial charge on any atom is 0.0572 e. The van der Waals surface area contributed by atoms with Crippen LogP contribution in [0.25, 0.3) is 70.9 Å². The van der Waals surface area contributed by atoms with Gasteiger partial charge in [-0.25, -0.2) is 0 Å². The third-order valence-corrected chi connectivity index (χ3v) is 11.4. The first kappa shape index (κ1) is 28.4. The largest absolute Gasteiger partial charge is 0.310 e. The van der Waals surface area contributed by atoms with Crippen LogP contribution in [0, 0.1) is 0 Å². The normalized spacial score (nSPS) is 13.5. The molecule has 11 rings (SSSR count). The van der Waals surface area contributed by atoms with E-state index in [-0.39, 0.29) is 5.41 Å². The third-order valence-electron chi connectivity index (χ3n) is 11.4. The third kappa shape index (κ3) is 3.86. The minimum absolute atomic E-state index is 0.0793. The van der Waals surface area contributed by atoms with Crippen molar-refractivity contribution in [3.05, 3.63) is 175 Å². The van der Waals surface area contributed by atoms with Gasteiger partial charge < -0.3 is 9.47 Å². The van der Waals surface area contributed by atoms with Crippen LogP contribution in [0.1, 0.15) is 25.0 Å². The van der Waals surface area contributed by atoms with Crippen molar-refractivity contribution in [2.24, 2.45) is 0 Å². The molecule has 8 aromatic carbocycles. The fourth-order valence-electron chi connectivity index (χ4n) is 9.10. The Balaban J connectivity index is 1.20. The fourth-order valence-corrected chi connectivity index (χ4v) is 9.10. The van der Waals surface area contributed by atoms with Crippen molar-refractivity contribution in [3.8, 4) is 16.8 Å². The van der Waals surface area contributed by atoms with Crippen LogP contribution in [-0.4, -0.2) is 9.55 Å². The summed E-state index contributed by atoms with van der Waals surface area (Å²) in [7, 11) is 0. The van der Waals surface area contributed by atoms with Crippen molar-refractivity contribution in [2.75, 3.05) is 4.90 Å². The highest BCUT2D eigenvalue weighted by Gasteiger charge is 2.35. The van der Waals surface area contributed by atoms with Crippen LogP contribution in [0.3, 0.4) is 0 Å². The standard InChI is InChI=1S/C48H33N3/c1-48(2)40-16-10-9-15-35(40)36-23-20-34(28-41(36)48)51-43-25-26-49-29-39(43)47-38-22-17-30-19-24-42(37-21-18-31(27-44(47)51)46(38)45(30)37)50(32-11-5-3-6-12-32)33-13-7-4-8-14-33/h3-29H,1-2H3. The van der Waals surface area contributed by atoms with Crippen LogP contribution < -0.4 is 4.90 Å². The van der Waals surface area contributed by atoms with Crippen molar-refractivity contribution in [2.45, 2.75) is 19.3 Å². The van der Waals surface area contributed by atoms with E-state index in [4.69, 9.17) is 0 Å². The minimum atomic E-state index is -0.0793. The SMILES string of the molecule is CC1(C)c2ccccc2-c2ccc(-n3c4ccncc4c4c5ccc6ccc(N(c7ccccc7)c7ccccc7)c7ccc(cc43)c5c67)cc21. The molecule has 0 spiro atoms. The molecule has 0 unspecified atom stereocenters. The van der Waals surface area contributed by atoms with Gasteiger partial charge in [0.25, 0.3) is 0 Å². The minimum Gasteiger partial charge on any atom is -0.310 e. The molecule has 2 aromatic heterocycles. The van der Waals surface area contributed by atoms with Crippen molar-refractivity contribution >= 4 is 71.2 Å². The van der Waals surface area contributed by atoms with Crippen molar-refractivity contribution in [3.63, 3.8) is 0 Å². The van der Waals surface area contributed by atoms with E-state index in [1.807, 2.05) is 6.20 Å². The molecule has 10 aromatic rings. The molecule has 0 bridgehead atoms. The van der Waals surface area contributed by atoms with Gasteiger partial charge in [0.15, 0.2) is 0 Å². The molecular formula is C48H33N3. The van der Waals surface area contributed by atoms with Gasteiger partial charge in [-0.2, -0.15) is 0 Å². The second-order valence-corrected chi connectivity index (χ2v) is 14.4. The van der Waals surface area contributed by atoms with Gasteiger partial charge in [-0.1, -0.05) is 111 Å². The summed E-state index contributed by atoms with van der Waals surface area (Å²) in [5, 5.41) is 9.99. The van der Waals surface area contributed by atoms with Gasteiger partial charge in [0.1, 0.15) is 0 Å². The zero-order chi connectivity index (χ0) is 33.8. The van der Waals surface area contributed by atoms with Gasteiger partial charge in [0, 0.05) is 51.0 Å². The van der Waals surface area contributed by atoms with Gasteiger partial charge >= 0.3 is 0 Å². The number of hydrogen-bond donors (Lipinski definition) is 0. The highest BCUT2D eigenvalue weighted by atomic mass is 15.1. The van der Waals surface area contributed by atoms with Crippen LogP contribution in [0.4, 0.5) is 17.1 Å². The lowest BCUT2D eigenvalue weighted by Crippen LogP contribution is -2.15. The molecule has 0 amide bonds. The Kier molecular flexibility index (Phi) is 5.73. The van der Waals surface area contributed by atoms with Crippen LogP contribution in [-0.2, 0) is 5.41 Å². The van der Waals surface area contributed by atoms with E-state index >= 15 is 0 Å². The van der Waals surface area contributed by atoms with Gasteiger partial charge in [0.2, 0.25) is 0 Å². The van der Waals surface area contributed by atoms with Crippen LogP contribution >= 0.6 is 0 Å². The van der Waals surface area contributed by atoms with Gasteiger partial charge in [-0.05, 0) is 104 Å². The molecule has 240 valence electrons. The lowest BCUT2D eigenvalue weighted by atomic mass is 9.82. The molecule has 0 aliphatic heterocycles. The van der Waals surface area contributed by atoms with Gasteiger partial charge in [0.05, 0.1) is 16.7 Å². The van der Waals surface area contributed by atoms with Crippen molar-refractivity contribution in [1.82, 2.24) is 9.55 Å². The van der Waals surface area contributed by atoms with E-state index in [1.54, 1.807) is 0 Å². The summed E-state index contributed by atoms with van der Waals surface area (Å²) in [5.74, 6) is 0. The van der Waals surface area contributed by atoms with Crippen LogP contribution in [0.2, 0.25) is 0 Å². The Bertz CT molecular complexity index is 2950. The number of aromatic nitrogens is 2. The molecule has 51 heavy (non-hydrogen) atoms. The summed E-state index contributed by atoms with van der Waals surface area (Å²) in [4.78, 5) is 7.05. The van der Waals surface area contributed by atoms with Gasteiger partial charge in [-0.15, -0.1) is 0 Å². The first-order valence-electron chi connectivity index (χ1n) is 17.7.